The number of hydrogen-bond acceptors (Lipinski definition) is 2. The van der Waals surface area contributed by atoms with Crippen molar-refractivity contribution in [3.63, 3.8) is 0 Å². The highest BCUT2D eigenvalue weighted by atomic mass is 19.4. The number of hydrogen-bond donors (Lipinski definition) is 1. The summed E-state index contributed by atoms with van der Waals surface area (Å²) in [5, 5.41) is 9.39. The lowest BCUT2D eigenvalue weighted by atomic mass is 9.87. The molecule has 0 spiro atoms. The van der Waals surface area contributed by atoms with Crippen molar-refractivity contribution >= 4 is 11.5 Å². The van der Waals surface area contributed by atoms with Crippen LogP contribution in [0.3, 0.4) is 0 Å². The summed E-state index contributed by atoms with van der Waals surface area (Å²) in [6, 6.07) is 14.3. The monoisotopic (exact) mass is 320 g/mol. The first-order chi connectivity index (χ1) is 10.9. The number of para-hydroxylation sites is 1. The summed E-state index contributed by atoms with van der Waals surface area (Å²) >= 11 is 0. The van der Waals surface area contributed by atoms with E-state index in [0.29, 0.717) is 11.1 Å². The minimum Gasteiger partial charge on any atom is -0.478 e. The summed E-state index contributed by atoms with van der Waals surface area (Å²) in [4.78, 5) is 11.6. The van der Waals surface area contributed by atoms with Gasteiger partial charge in [0, 0.05) is 11.1 Å². The van der Waals surface area contributed by atoms with Gasteiger partial charge in [-0.3, -0.25) is 0 Å². The number of fused-ring (bicyclic) bond motifs is 1. The Hall–Kier alpha value is -2.76. The minimum atomic E-state index is -4.83. The minimum absolute atomic E-state index is 0.0127. The maximum Gasteiger partial charge on any atom is 0.430 e. The van der Waals surface area contributed by atoms with Crippen molar-refractivity contribution in [1.82, 2.24) is 0 Å². The fraction of sp³-hybridized carbons (Fsp3) is 0.118. The van der Waals surface area contributed by atoms with E-state index >= 15 is 0 Å². The number of ether oxygens (including phenoxy) is 1. The van der Waals surface area contributed by atoms with Crippen LogP contribution in [-0.2, 0) is 4.79 Å². The van der Waals surface area contributed by atoms with Gasteiger partial charge < -0.3 is 9.84 Å². The number of rotatable bonds is 2. The standard InChI is InChI=1S/C17H11F3O3/c18-17(19,20)15-14(16(21)22)13(10-6-2-1-3-7-10)11-8-4-5-9-12(11)23-15/h1-9,15H,(H,21,22). The molecule has 0 saturated heterocycles. The smallest absolute Gasteiger partial charge is 0.430 e. The predicted molar refractivity (Wildman–Crippen MR) is 77.0 cm³/mol. The first-order valence-electron chi connectivity index (χ1n) is 6.75. The average molecular weight is 320 g/mol. The van der Waals surface area contributed by atoms with E-state index in [4.69, 9.17) is 4.74 Å². The first kappa shape index (κ1) is 15.1. The van der Waals surface area contributed by atoms with E-state index in [0.717, 1.165) is 0 Å². The second kappa shape index (κ2) is 5.46. The predicted octanol–water partition coefficient (Wildman–Crippen LogP) is 3.90. The zero-order valence-electron chi connectivity index (χ0n) is 11.7. The molecule has 0 aromatic heterocycles. The number of aliphatic carboxylic acids is 1. The van der Waals surface area contributed by atoms with Gasteiger partial charge in [-0.2, -0.15) is 13.2 Å². The molecule has 23 heavy (non-hydrogen) atoms. The highest BCUT2D eigenvalue weighted by molar-refractivity contribution is 6.03. The molecule has 3 rings (SSSR count). The molecule has 1 N–H and O–H groups in total. The van der Waals surface area contributed by atoms with E-state index in [1.165, 1.54) is 6.07 Å². The molecule has 0 bridgehead atoms. The topological polar surface area (TPSA) is 46.5 Å². The van der Waals surface area contributed by atoms with Gasteiger partial charge in [-0.1, -0.05) is 48.5 Å². The van der Waals surface area contributed by atoms with E-state index in [2.05, 4.69) is 0 Å². The van der Waals surface area contributed by atoms with Crippen molar-refractivity contribution in [2.45, 2.75) is 12.3 Å². The molecule has 6 heteroatoms. The van der Waals surface area contributed by atoms with Crippen molar-refractivity contribution < 1.29 is 27.8 Å². The molecule has 1 atom stereocenters. The molecule has 2 aromatic carbocycles. The van der Waals surface area contributed by atoms with Gasteiger partial charge in [0.15, 0.2) is 0 Å². The Morgan fingerprint density at radius 3 is 2.22 bits per heavy atom. The third-order valence-electron chi connectivity index (χ3n) is 3.52. The molecule has 0 radical (unpaired) electrons. The number of halogens is 3. The van der Waals surface area contributed by atoms with Crippen LogP contribution in [-0.4, -0.2) is 23.4 Å². The van der Waals surface area contributed by atoms with Crippen molar-refractivity contribution in [2.24, 2.45) is 0 Å². The lowest BCUT2D eigenvalue weighted by molar-refractivity contribution is -0.187. The zero-order chi connectivity index (χ0) is 16.6. The van der Waals surface area contributed by atoms with Gasteiger partial charge >= 0.3 is 12.1 Å². The number of carboxylic acid groups (broad SMARTS) is 1. The Balaban J connectivity index is 2.35. The van der Waals surface area contributed by atoms with E-state index in [1.807, 2.05) is 0 Å². The normalized spacial score (nSPS) is 17.4. The summed E-state index contributed by atoms with van der Waals surface area (Å²) < 4.78 is 44.9. The van der Waals surface area contributed by atoms with Crippen LogP contribution in [0.15, 0.2) is 60.2 Å². The fourth-order valence-corrected chi connectivity index (χ4v) is 2.60. The zero-order valence-corrected chi connectivity index (χ0v) is 11.7. The van der Waals surface area contributed by atoms with Crippen LogP contribution in [0.5, 0.6) is 5.75 Å². The SMILES string of the molecule is O=C(O)C1=C(c2ccccc2)c2ccccc2OC1C(F)(F)F. The Kier molecular flexibility index (Phi) is 3.60. The highest BCUT2D eigenvalue weighted by Gasteiger charge is 2.50. The molecular weight excluding hydrogens is 309 g/mol. The average Bonchev–Trinajstić information content (AvgIpc) is 2.52. The van der Waals surface area contributed by atoms with Gasteiger partial charge in [0.05, 0.1) is 5.57 Å². The fourth-order valence-electron chi connectivity index (χ4n) is 2.60. The van der Waals surface area contributed by atoms with Crippen molar-refractivity contribution in [3.05, 3.63) is 71.3 Å². The number of alkyl halides is 3. The van der Waals surface area contributed by atoms with Gasteiger partial charge in [-0.25, -0.2) is 4.79 Å². The van der Waals surface area contributed by atoms with Crippen LogP contribution in [0.4, 0.5) is 13.2 Å². The molecule has 118 valence electrons. The van der Waals surface area contributed by atoms with Crippen molar-refractivity contribution in [3.8, 4) is 5.75 Å². The quantitative estimate of drug-likeness (QED) is 0.913. The van der Waals surface area contributed by atoms with Gasteiger partial charge in [-0.05, 0) is 11.6 Å². The van der Waals surface area contributed by atoms with Gasteiger partial charge in [0.25, 0.3) is 0 Å². The largest absolute Gasteiger partial charge is 0.478 e. The summed E-state index contributed by atoms with van der Waals surface area (Å²) in [7, 11) is 0. The van der Waals surface area contributed by atoms with Crippen molar-refractivity contribution in [1.29, 1.82) is 0 Å². The molecule has 0 saturated carbocycles. The molecule has 0 amide bonds. The number of benzene rings is 2. The van der Waals surface area contributed by atoms with Crippen LogP contribution in [0.2, 0.25) is 0 Å². The second-order valence-electron chi connectivity index (χ2n) is 5.00. The summed E-state index contributed by atoms with van der Waals surface area (Å²) in [6.45, 7) is 0. The lowest BCUT2D eigenvalue weighted by Crippen LogP contribution is -2.41. The van der Waals surface area contributed by atoms with Gasteiger partial charge in [-0.15, -0.1) is 0 Å². The molecule has 1 heterocycles. The van der Waals surface area contributed by atoms with E-state index < -0.39 is 23.8 Å². The number of carboxylic acids is 1. The summed E-state index contributed by atoms with van der Waals surface area (Å²) in [6.07, 6.45) is -7.34. The molecule has 0 fully saturated rings. The Morgan fingerprint density at radius 2 is 1.61 bits per heavy atom. The third kappa shape index (κ3) is 2.67. The van der Waals surface area contributed by atoms with E-state index in [9.17, 15) is 23.1 Å². The van der Waals surface area contributed by atoms with Crippen LogP contribution >= 0.6 is 0 Å². The Bertz CT molecular complexity index is 779. The van der Waals surface area contributed by atoms with Gasteiger partial charge in [0.1, 0.15) is 5.75 Å². The maximum atomic E-state index is 13.3. The number of carbonyl (C=O) groups is 1. The Morgan fingerprint density at radius 1 is 1.00 bits per heavy atom. The molecule has 1 aliphatic heterocycles. The van der Waals surface area contributed by atoms with E-state index in [1.54, 1.807) is 48.5 Å². The van der Waals surface area contributed by atoms with Crippen LogP contribution < -0.4 is 4.74 Å². The molecule has 3 nitrogen and oxygen atoms in total. The molecule has 0 aliphatic carbocycles. The van der Waals surface area contributed by atoms with Crippen molar-refractivity contribution in [2.75, 3.05) is 0 Å². The molecule has 1 unspecified atom stereocenters. The summed E-state index contributed by atoms with van der Waals surface area (Å²) in [5.74, 6) is -1.64. The third-order valence-corrected chi connectivity index (χ3v) is 3.52. The molecule has 1 aliphatic rings. The molecule has 2 aromatic rings. The lowest BCUT2D eigenvalue weighted by Gasteiger charge is -2.30. The van der Waals surface area contributed by atoms with E-state index in [-0.39, 0.29) is 11.3 Å². The highest BCUT2D eigenvalue weighted by Crippen LogP contribution is 2.43. The molecular formula is C17H11F3O3. The maximum absolute atomic E-state index is 13.3. The van der Waals surface area contributed by atoms with Crippen LogP contribution in [0, 0.1) is 0 Å². The summed E-state index contributed by atoms with van der Waals surface area (Å²) in [5.41, 5.74) is -0.0452. The second-order valence-corrected chi connectivity index (χ2v) is 5.00. The first-order valence-corrected chi connectivity index (χ1v) is 6.75. The van der Waals surface area contributed by atoms with Gasteiger partial charge in [0.2, 0.25) is 6.10 Å². The van der Waals surface area contributed by atoms with Crippen LogP contribution in [0.1, 0.15) is 11.1 Å². The Labute approximate surface area is 129 Å². The van der Waals surface area contributed by atoms with Crippen LogP contribution in [0.25, 0.3) is 5.57 Å².